The second kappa shape index (κ2) is 12.3. The Morgan fingerprint density at radius 2 is 1.77 bits per heavy atom. The van der Waals surface area contributed by atoms with Crippen LogP contribution in [0.5, 0.6) is 5.75 Å². The van der Waals surface area contributed by atoms with Crippen molar-refractivity contribution in [3.63, 3.8) is 0 Å². The Morgan fingerprint density at radius 1 is 1.02 bits per heavy atom. The number of carbonyl (C=O) groups is 2. The van der Waals surface area contributed by atoms with Gasteiger partial charge in [-0.1, -0.05) is 35.9 Å². The molecule has 1 heterocycles. The maximum absolute atomic E-state index is 13.8. The lowest BCUT2D eigenvalue weighted by Crippen LogP contribution is -2.61. The van der Waals surface area contributed by atoms with Gasteiger partial charge in [-0.2, -0.15) is 4.39 Å². The third-order valence-corrected chi connectivity index (χ3v) is 7.30. The number of nitrogens with one attached hydrogen (secondary N) is 1. The molecule has 2 aliphatic rings. The van der Waals surface area contributed by atoms with Crippen LogP contribution in [0.1, 0.15) is 30.4 Å². The quantitative estimate of drug-likeness (QED) is 0.266. The van der Waals surface area contributed by atoms with Crippen molar-refractivity contribution in [1.82, 2.24) is 10.2 Å². The summed E-state index contributed by atoms with van der Waals surface area (Å²) in [5, 5.41) is 3.68. The van der Waals surface area contributed by atoms with E-state index in [9.17, 15) is 22.8 Å². The van der Waals surface area contributed by atoms with Crippen LogP contribution in [0.3, 0.4) is 0 Å². The molecule has 3 aromatic carbocycles. The topological polar surface area (TPSA) is 61.9 Å². The van der Waals surface area contributed by atoms with Crippen LogP contribution in [0.25, 0.3) is 0 Å². The number of hydrogen-bond acceptors (Lipinski definition) is 4. The zero-order valence-corrected chi connectivity index (χ0v) is 22.5. The molecule has 1 N–H and O–H groups in total. The summed E-state index contributed by atoms with van der Waals surface area (Å²) in [5.41, 5.74) is 2.47. The molecule has 10 heteroatoms. The summed E-state index contributed by atoms with van der Waals surface area (Å²) in [6.07, 6.45) is 2.82. The molecule has 2 amide bonds. The van der Waals surface area contributed by atoms with E-state index in [1.807, 2.05) is 35.2 Å². The molecule has 210 valence electrons. The highest BCUT2D eigenvalue weighted by atomic mass is 35.5. The van der Waals surface area contributed by atoms with E-state index in [1.165, 1.54) is 0 Å². The number of benzene rings is 3. The summed E-state index contributed by atoms with van der Waals surface area (Å²) in [5.74, 6) is -4.50. The molecule has 1 saturated carbocycles. The molecule has 5 rings (SSSR count). The molecule has 1 aliphatic carbocycles. The third-order valence-electron chi connectivity index (χ3n) is 7.06. The van der Waals surface area contributed by atoms with E-state index in [2.05, 4.69) is 5.32 Å². The molecule has 0 unspecified atom stereocenters. The van der Waals surface area contributed by atoms with Crippen LogP contribution >= 0.6 is 11.6 Å². The van der Waals surface area contributed by atoms with Gasteiger partial charge in [0.05, 0.1) is 13.2 Å². The van der Waals surface area contributed by atoms with Gasteiger partial charge >= 0.3 is 0 Å². The largest absolute Gasteiger partial charge is 0.488 e. The van der Waals surface area contributed by atoms with E-state index in [0.717, 1.165) is 30.0 Å². The molecule has 3 aromatic rings. The Bertz CT molecular complexity index is 1380. The molecular formula is C30H29ClF3N3O3. The summed E-state index contributed by atoms with van der Waals surface area (Å²) < 4.78 is 46.0. The van der Waals surface area contributed by atoms with Crippen LogP contribution < -0.4 is 15.0 Å². The lowest BCUT2D eigenvalue weighted by Gasteiger charge is -2.38. The zero-order chi connectivity index (χ0) is 28.2. The average Bonchev–Trinajstić information content (AvgIpc) is 3.79. The first-order chi connectivity index (χ1) is 19.3. The summed E-state index contributed by atoms with van der Waals surface area (Å²) in [6, 6.07) is 15.7. The number of anilines is 1. The Kier molecular flexibility index (Phi) is 8.61. The van der Waals surface area contributed by atoms with E-state index in [-0.39, 0.29) is 31.0 Å². The predicted octanol–water partition coefficient (Wildman–Crippen LogP) is 5.26. The number of carbonyl (C=O) groups excluding carboxylic acids is 2. The Labute approximate surface area is 235 Å². The first-order valence-corrected chi connectivity index (χ1v) is 13.6. The van der Waals surface area contributed by atoms with Gasteiger partial charge in [-0.15, -0.1) is 0 Å². The smallest absolute Gasteiger partial charge is 0.247 e. The fourth-order valence-corrected chi connectivity index (χ4v) is 5.11. The lowest BCUT2D eigenvalue weighted by atomic mass is 10.1. The molecule has 0 spiro atoms. The second-order valence-corrected chi connectivity index (χ2v) is 10.5. The highest BCUT2D eigenvalue weighted by molar-refractivity contribution is 6.30. The number of ether oxygens (including phenoxy) is 1. The number of aryl methyl sites for hydroxylation is 1. The van der Waals surface area contributed by atoms with Crippen molar-refractivity contribution in [2.24, 2.45) is 0 Å². The molecule has 1 saturated heterocycles. The van der Waals surface area contributed by atoms with E-state index < -0.39 is 29.2 Å². The number of piperazine rings is 1. The summed E-state index contributed by atoms with van der Waals surface area (Å²) in [7, 11) is 0. The van der Waals surface area contributed by atoms with Crippen LogP contribution in [-0.4, -0.2) is 48.5 Å². The predicted molar refractivity (Wildman–Crippen MR) is 146 cm³/mol. The molecular weight excluding hydrogens is 543 g/mol. The first-order valence-electron chi connectivity index (χ1n) is 13.2. The van der Waals surface area contributed by atoms with Crippen LogP contribution in [0, 0.1) is 17.5 Å². The van der Waals surface area contributed by atoms with Gasteiger partial charge in [0, 0.05) is 29.8 Å². The summed E-state index contributed by atoms with van der Waals surface area (Å²) >= 11 is 6.16. The van der Waals surface area contributed by atoms with Crippen LogP contribution in [-0.2, 0) is 22.6 Å². The molecule has 40 heavy (non-hydrogen) atoms. The van der Waals surface area contributed by atoms with Crippen molar-refractivity contribution in [3.8, 4) is 5.75 Å². The number of nitrogens with zero attached hydrogens (tertiary/aromatic N) is 2. The molecule has 0 radical (unpaired) electrons. The van der Waals surface area contributed by atoms with Crippen molar-refractivity contribution in [2.75, 3.05) is 24.6 Å². The minimum atomic E-state index is -1.35. The normalized spacial score (nSPS) is 17.1. The van der Waals surface area contributed by atoms with Gasteiger partial charge in [-0.25, -0.2) is 8.78 Å². The monoisotopic (exact) mass is 571 g/mol. The molecule has 2 fully saturated rings. The van der Waals surface area contributed by atoms with Gasteiger partial charge < -0.3 is 15.0 Å². The Balaban J connectivity index is 1.24. The summed E-state index contributed by atoms with van der Waals surface area (Å²) in [4.78, 5) is 30.2. The minimum Gasteiger partial charge on any atom is -0.488 e. The Hall–Kier alpha value is -3.56. The number of rotatable bonds is 10. The minimum absolute atomic E-state index is 0.00444. The lowest BCUT2D eigenvalue weighted by molar-refractivity contribution is -0.136. The highest BCUT2D eigenvalue weighted by Gasteiger charge is 2.41. The van der Waals surface area contributed by atoms with E-state index in [0.29, 0.717) is 42.7 Å². The SMILES string of the molecule is O=C([C@H]1CNCC(=O)N1c1ccc(CCCOc2c(F)ccc(F)c2F)cc1)N(Cc1cccc(Cl)c1)C1CC1. The fraction of sp³-hybridized carbons (Fsp3) is 0.333. The maximum Gasteiger partial charge on any atom is 0.247 e. The average molecular weight is 572 g/mol. The first kappa shape index (κ1) is 28.0. The van der Waals surface area contributed by atoms with E-state index in [4.69, 9.17) is 16.3 Å². The number of hydrogen-bond donors (Lipinski definition) is 1. The second-order valence-electron chi connectivity index (χ2n) is 10.0. The third kappa shape index (κ3) is 6.42. The van der Waals surface area contributed by atoms with Crippen LogP contribution in [0.2, 0.25) is 5.02 Å². The maximum atomic E-state index is 13.8. The van der Waals surface area contributed by atoms with Gasteiger partial charge in [-0.3, -0.25) is 14.5 Å². The van der Waals surface area contributed by atoms with Gasteiger partial charge in [0.2, 0.25) is 17.6 Å². The van der Waals surface area contributed by atoms with Gasteiger partial charge in [0.25, 0.3) is 0 Å². The highest BCUT2D eigenvalue weighted by Crippen LogP contribution is 2.31. The van der Waals surface area contributed by atoms with Gasteiger partial charge in [-0.05, 0) is 73.2 Å². The van der Waals surface area contributed by atoms with Gasteiger partial charge in [0.1, 0.15) is 6.04 Å². The van der Waals surface area contributed by atoms with Crippen molar-refractivity contribution in [3.05, 3.63) is 94.3 Å². The van der Waals surface area contributed by atoms with Gasteiger partial charge in [0.15, 0.2) is 17.4 Å². The van der Waals surface area contributed by atoms with Crippen molar-refractivity contribution < 1.29 is 27.5 Å². The molecule has 6 nitrogen and oxygen atoms in total. The van der Waals surface area contributed by atoms with Crippen molar-refractivity contribution in [1.29, 1.82) is 0 Å². The Morgan fingerprint density at radius 3 is 2.50 bits per heavy atom. The van der Waals surface area contributed by atoms with E-state index >= 15 is 0 Å². The van der Waals surface area contributed by atoms with Crippen LogP contribution in [0.15, 0.2) is 60.7 Å². The summed E-state index contributed by atoms with van der Waals surface area (Å²) in [6.45, 7) is 0.895. The van der Waals surface area contributed by atoms with Crippen molar-refractivity contribution >= 4 is 29.1 Å². The molecule has 1 aliphatic heterocycles. The van der Waals surface area contributed by atoms with Crippen molar-refractivity contribution in [2.45, 2.75) is 44.3 Å². The van der Waals surface area contributed by atoms with Crippen LogP contribution in [0.4, 0.5) is 18.9 Å². The molecule has 0 aromatic heterocycles. The van der Waals surface area contributed by atoms with E-state index in [1.54, 1.807) is 23.1 Å². The number of halogens is 4. The number of amides is 2. The fourth-order valence-electron chi connectivity index (χ4n) is 4.90. The standard InChI is InChI=1S/C30H29ClF3N3O3/c31-21-5-1-3-20(15-21)18-36(22-10-11-22)30(39)26-16-35-17-27(38)37(26)23-8-6-19(7-9-23)4-2-14-40-29-25(33)13-12-24(32)28(29)34/h1,3,5-9,12-13,15,22,26,35H,2,4,10-11,14,16-18H2/t26-/m1/s1. The zero-order valence-electron chi connectivity index (χ0n) is 21.7. The molecule has 0 bridgehead atoms. The molecule has 1 atom stereocenters.